The van der Waals surface area contributed by atoms with Crippen LogP contribution in [0.25, 0.3) is 5.69 Å². The zero-order chi connectivity index (χ0) is 25.8. The van der Waals surface area contributed by atoms with Gasteiger partial charge in [0, 0.05) is 19.2 Å². The first-order valence-electron chi connectivity index (χ1n) is 14.0. The first kappa shape index (κ1) is 25.3. The minimum Gasteiger partial charge on any atom is -0.333 e. The first-order chi connectivity index (χ1) is 18.1. The van der Waals surface area contributed by atoms with Gasteiger partial charge in [0.25, 0.3) is 0 Å². The van der Waals surface area contributed by atoms with Crippen LogP contribution in [0.5, 0.6) is 0 Å². The van der Waals surface area contributed by atoms with Crippen molar-refractivity contribution in [3.8, 4) is 5.69 Å². The fourth-order valence-electron chi connectivity index (χ4n) is 6.08. The van der Waals surface area contributed by atoms with Crippen LogP contribution in [-0.4, -0.2) is 34.4 Å². The van der Waals surface area contributed by atoms with Crippen LogP contribution < -0.4 is 4.90 Å². The summed E-state index contributed by atoms with van der Waals surface area (Å²) in [7, 11) is 0. The molecule has 5 rings (SSSR count). The molecule has 2 aromatic carbocycles. The lowest BCUT2D eigenvalue weighted by molar-refractivity contribution is -0.135. The van der Waals surface area contributed by atoms with Crippen molar-refractivity contribution in [2.45, 2.75) is 71.3 Å². The molecule has 0 saturated heterocycles. The van der Waals surface area contributed by atoms with Crippen LogP contribution in [0.2, 0.25) is 0 Å². The molecule has 1 aliphatic heterocycles. The predicted molar refractivity (Wildman–Crippen MR) is 149 cm³/mol. The first-order valence-corrected chi connectivity index (χ1v) is 14.0. The number of rotatable bonds is 9. The lowest BCUT2D eigenvalue weighted by Gasteiger charge is -2.39. The number of hydrogen-bond donors (Lipinski definition) is 0. The van der Waals surface area contributed by atoms with Gasteiger partial charge in [0.05, 0.1) is 17.1 Å². The zero-order valence-electron chi connectivity index (χ0n) is 22.2. The van der Waals surface area contributed by atoms with E-state index in [2.05, 4.69) is 61.0 Å². The molecule has 2 amide bonds. The molecule has 5 heteroatoms. The summed E-state index contributed by atoms with van der Waals surface area (Å²) in [5, 5.41) is 0. The molecule has 0 bridgehead atoms. The van der Waals surface area contributed by atoms with Crippen molar-refractivity contribution in [1.29, 1.82) is 0 Å². The van der Waals surface area contributed by atoms with Gasteiger partial charge >= 0.3 is 0 Å². The molecule has 5 nitrogen and oxygen atoms in total. The summed E-state index contributed by atoms with van der Waals surface area (Å²) in [6.07, 6.45) is 10.5. The summed E-state index contributed by atoms with van der Waals surface area (Å²) >= 11 is 0. The van der Waals surface area contributed by atoms with Crippen LogP contribution in [0.15, 0.2) is 66.9 Å². The number of nitrogens with zero attached hydrogens (tertiary/aromatic N) is 3. The van der Waals surface area contributed by atoms with Crippen LogP contribution in [0.1, 0.15) is 81.2 Å². The molecule has 0 radical (unpaired) electrons. The Morgan fingerprint density at radius 2 is 1.76 bits per heavy atom. The monoisotopic (exact) mass is 497 g/mol. The molecule has 0 spiro atoms. The maximum Gasteiger partial charge on any atom is 0.247 e. The maximum absolute atomic E-state index is 14.2. The Labute approximate surface area is 221 Å². The fourth-order valence-corrected chi connectivity index (χ4v) is 6.08. The van der Waals surface area contributed by atoms with E-state index in [4.69, 9.17) is 0 Å². The smallest absolute Gasteiger partial charge is 0.247 e. The molecular formula is C32H39N3O2. The number of benzene rings is 2. The van der Waals surface area contributed by atoms with Crippen molar-refractivity contribution in [1.82, 2.24) is 9.47 Å². The van der Waals surface area contributed by atoms with Crippen LogP contribution in [-0.2, 0) is 9.59 Å². The third kappa shape index (κ3) is 5.36. The van der Waals surface area contributed by atoms with Gasteiger partial charge < -0.3 is 9.47 Å². The maximum atomic E-state index is 14.2. The van der Waals surface area contributed by atoms with E-state index in [1.54, 1.807) is 0 Å². The Morgan fingerprint density at radius 3 is 2.51 bits per heavy atom. The molecule has 2 aliphatic rings. The summed E-state index contributed by atoms with van der Waals surface area (Å²) in [4.78, 5) is 31.4. The zero-order valence-corrected chi connectivity index (χ0v) is 22.2. The quantitative estimate of drug-likeness (QED) is 0.326. The van der Waals surface area contributed by atoms with E-state index in [9.17, 15) is 9.59 Å². The molecule has 2 heterocycles. The second-order valence-electron chi connectivity index (χ2n) is 10.7. The summed E-state index contributed by atoms with van der Waals surface area (Å²) in [6, 6.07) is 20.4. The Kier molecular flexibility index (Phi) is 7.78. The number of aromatic nitrogens is 1. The highest BCUT2D eigenvalue weighted by Crippen LogP contribution is 2.42. The summed E-state index contributed by atoms with van der Waals surface area (Å²) in [6.45, 7) is 4.96. The molecule has 37 heavy (non-hydrogen) atoms. The minimum absolute atomic E-state index is 0.0308. The number of carbonyl (C=O) groups is 2. The van der Waals surface area contributed by atoms with Gasteiger partial charge in [0.2, 0.25) is 11.8 Å². The SMILES string of the molecule is CCCCN(CC(=O)N1c2ccccc2-n2cccc2C1c1cccc(C)c1)C(=O)CCC1CCCC1. The van der Waals surface area contributed by atoms with Gasteiger partial charge in [-0.05, 0) is 55.5 Å². The van der Waals surface area contributed by atoms with E-state index < -0.39 is 0 Å². The molecule has 1 unspecified atom stereocenters. The highest BCUT2D eigenvalue weighted by molar-refractivity contribution is 6.00. The highest BCUT2D eigenvalue weighted by Gasteiger charge is 2.37. The van der Waals surface area contributed by atoms with Crippen LogP contribution in [0, 0.1) is 12.8 Å². The van der Waals surface area contributed by atoms with Crippen LogP contribution in [0.3, 0.4) is 0 Å². The van der Waals surface area contributed by atoms with Crippen molar-refractivity contribution >= 4 is 17.5 Å². The average molecular weight is 498 g/mol. The fraction of sp³-hybridized carbons (Fsp3) is 0.438. The Bertz CT molecular complexity index is 1240. The number of fused-ring (bicyclic) bond motifs is 3. The van der Waals surface area contributed by atoms with Gasteiger partial charge in [-0.15, -0.1) is 0 Å². The molecule has 194 valence electrons. The number of aryl methyl sites for hydroxylation is 1. The van der Waals surface area contributed by atoms with E-state index in [1.807, 2.05) is 34.1 Å². The van der Waals surface area contributed by atoms with Crippen LogP contribution in [0.4, 0.5) is 5.69 Å². The number of hydrogen-bond acceptors (Lipinski definition) is 2. The number of anilines is 1. The normalized spacial score (nSPS) is 16.9. The van der Waals surface area contributed by atoms with Gasteiger partial charge in [-0.3, -0.25) is 14.5 Å². The number of carbonyl (C=O) groups excluding carboxylic acids is 2. The summed E-state index contributed by atoms with van der Waals surface area (Å²) in [5.74, 6) is 0.756. The van der Waals surface area contributed by atoms with Crippen molar-refractivity contribution in [2.24, 2.45) is 5.92 Å². The van der Waals surface area contributed by atoms with Crippen LogP contribution >= 0.6 is 0 Å². The standard InChI is InChI=1S/C32H39N3O2/c1-3-4-20-33(30(36)19-18-25-12-5-6-13-25)23-31(37)35-28-16-8-7-15-27(28)34-21-10-17-29(34)32(35)26-14-9-11-24(2)22-26/h7-11,14-17,21-22,25,32H,3-6,12-13,18-20,23H2,1-2H3. The predicted octanol–water partition coefficient (Wildman–Crippen LogP) is 6.82. The Hall–Kier alpha value is -3.34. The van der Waals surface area contributed by atoms with Crippen molar-refractivity contribution in [2.75, 3.05) is 18.0 Å². The molecule has 0 N–H and O–H groups in total. The third-order valence-electron chi connectivity index (χ3n) is 8.05. The van der Waals surface area contributed by atoms with Gasteiger partial charge in [-0.1, -0.05) is 81.0 Å². The van der Waals surface area contributed by atoms with Crippen molar-refractivity contribution < 1.29 is 9.59 Å². The van der Waals surface area contributed by atoms with Crippen molar-refractivity contribution in [3.05, 3.63) is 83.7 Å². The van der Waals surface area contributed by atoms with Gasteiger partial charge in [0.15, 0.2) is 0 Å². The Morgan fingerprint density at radius 1 is 0.973 bits per heavy atom. The minimum atomic E-state index is -0.251. The summed E-state index contributed by atoms with van der Waals surface area (Å²) in [5.41, 5.74) is 5.18. The van der Waals surface area contributed by atoms with E-state index in [0.29, 0.717) is 18.9 Å². The molecule has 1 saturated carbocycles. The third-order valence-corrected chi connectivity index (χ3v) is 8.05. The number of amides is 2. The highest BCUT2D eigenvalue weighted by atomic mass is 16.2. The Balaban J connectivity index is 1.46. The van der Waals surface area contributed by atoms with E-state index in [1.165, 1.54) is 25.7 Å². The van der Waals surface area contributed by atoms with Gasteiger partial charge in [-0.25, -0.2) is 0 Å². The molecular weight excluding hydrogens is 458 g/mol. The lowest BCUT2D eigenvalue weighted by atomic mass is 9.96. The lowest BCUT2D eigenvalue weighted by Crippen LogP contribution is -2.47. The number of unbranched alkanes of at least 4 members (excludes halogenated alkanes) is 1. The molecule has 1 aliphatic carbocycles. The second kappa shape index (κ2) is 11.4. The molecule has 1 atom stereocenters. The largest absolute Gasteiger partial charge is 0.333 e. The van der Waals surface area contributed by atoms with Gasteiger partial charge in [-0.2, -0.15) is 0 Å². The molecule has 1 aromatic heterocycles. The molecule has 3 aromatic rings. The molecule has 1 fully saturated rings. The second-order valence-corrected chi connectivity index (χ2v) is 10.7. The number of para-hydroxylation sites is 2. The van der Waals surface area contributed by atoms with E-state index in [0.717, 1.165) is 47.5 Å². The van der Waals surface area contributed by atoms with Crippen molar-refractivity contribution in [3.63, 3.8) is 0 Å². The topological polar surface area (TPSA) is 45.6 Å². The van der Waals surface area contributed by atoms with E-state index >= 15 is 0 Å². The van der Waals surface area contributed by atoms with E-state index in [-0.39, 0.29) is 24.4 Å². The van der Waals surface area contributed by atoms with Gasteiger partial charge in [0.1, 0.15) is 12.6 Å². The average Bonchev–Trinajstić information content (AvgIpc) is 3.61. The summed E-state index contributed by atoms with van der Waals surface area (Å²) < 4.78 is 2.19.